The Morgan fingerprint density at radius 1 is 1.20 bits per heavy atom. The van der Waals surface area contributed by atoms with Crippen molar-refractivity contribution in [3.8, 4) is 0 Å². The van der Waals surface area contributed by atoms with E-state index in [1.807, 2.05) is 40.1 Å². The molecule has 0 atom stereocenters. The maximum absolute atomic E-state index is 8.02. The zero-order valence-electron chi connectivity index (χ0n) is 8.02. The van der Waals surface area contributed by atoms with E-state index in [4.69, 9.17) is 5.21 Å². The third-order valence-electron chi connectivity index (χ3n) is 0.609. The second kappa shape index (κ2) is 23.6. The van der Waals surface area contributed by atoms with Gasteiger partial charge >= 0.3 is 0 Å². The van der Waals surface area contributed by atoms with Gasteiger partial charge in [0, 0.05) is 5.70 Å². The van der Waals surface area contributed by atoms with E-state index < -0.39 is 0 Å². The van der Waals surface area contributed by atoms with Crippen LogP contribution in [0, 0.1) is 0 Å². The average Bonchev–Trinajstić information content (AvgIpc) is 2.10. The lowest BCUT2D eigenvalue weighted by atomic mass is 10.5. The van der Waals surface area contributed by atoms with E-state index in [2.05, 4.69) is 0 Å². The normalized spacial score (nSPS) is 8.10. The third-order valence-corrected chi connectivity index (χ3v) is 0.609. The van der Waals surface area contributed by atoms with Gasteiger partial charge in [-0.15, -0.1) is 0 Å². The van der Waals surface area contributed by atoms with Crippen molar-refractivity contribution in [3.63, 3.8) is 0 Å². The smallest absolute Gasteiger partial charge is 0.0302 e. The summed E-state index contributed by atoms with van der Waals surface area (Å²) < 4.78 is 0. The highest BCUT2D eigenvalue weighted by Crippen LogP contribution is 1.77. The van der Waals surface area contributed by atoms with E-state index in [9.17, 15) is 0 Å². The van der Waals surface area contributed by atoms with Crippen molar-refractivity contribution in [2.45, 2.75) is 41.5 Å². The summed E-state index contributed by atoms with van der Waals surface area (Å²) in [7, 11) is 0. The molecule has 64 valence electrons. The van der Waals surface area contributed by atoms with E-state index in [1.54, 1.807) is 13.0 Å². The summed E-state index contributed by atoms with van der Waals surface area (Å²) in [5.74, 6) is 0. The molecular formula is C8H21NO. The van der Waals surface area contributed by atoms with Crippen molar-refractivity contribution in [2.24, 2.45) is 0 Å². The third kappa shape index (κ3) is 25.9. The van der Waals surface area contributed by atoms with Crippen molar-refractivity contribution in [1.29, 1.82) is 0 Å². The maximum atomic E-state index is 8.02. The van der Waals surface area contributed by atoms with E-state index in [0.717, 1.165) is 5.70 Å². The van der Waals surface area contributed by atoms with E-state index in [-0.39, 0.29) is 0 Å². The molecule has 0 heterocycles. The van der Waals surface area contributed by atoms with Crippen LogP contribution >= 0.6 is 0 Å². The molecule has 0 amide bonds. The second-order valence-corrected chi connectivity index (χ2v) is 1.08. The van der Waals surface area contributed by atoms with Gasteiger partial charge in [-0.1, -0.05) is 33.8 Å². The SMILES string of the molecule is C/C=C(/C)NO.CC.CC. The predicted molar refractivity (Wildman–Crippen MR) is 47.0 cm³/mol. The topological polar surface area (TPSA) is 32.3 Å². The van der Waals surface area contributed by atoms with Crippen LogP contribution in [0.3, 0.4) is 0 Å². The summed E-state index contributed by atoms with van der Waals surface area (Å²) in [6, 6.07) is 0. The first-order chi connectivity index (χ1) is 4.81. The lowest BCUT2D eigenvalue weighted by Crippen LogP contribution is -2.01. The molecule has 0 unspecified atom stereocenters. The first kappa shape index (κ1) is 16.2. The second-order valence-electron chi connectivity index (χ2n) is 1.08. The van der Waals surface area contributed by atoms with Crippen molar-refractivity contribution >= 4 is 0 Å². The number of hydroxylamine groups is 1. The number of rotatable bonds is 1. The molecule has 0 saturated heterocycles. The summed E-state index contributed by atoms with van der Waals surface area (Å²) in [6.07, 6.45) is 1.78. The van der Waals surface area contributed by atoms with Crippen LogP contribution in [0.1, 0.15) is 41.5 Å². The Bertz CT molecular complexity index is 60.3. The Labute approximate surface area is 64.9 Å². The van der Waals surface area contributed by atoms with Crippen LogP contribution in [0.2, 0.25) is 0 Å². The van der Waals surface area contributed by atoms with Crippen LogP contribution in [0.4, 0.5) is 0 Å². The lowest BCUT2D eigenvalue weighted by molar-refractivity contribution is 0.200. The largest absolute Gasteiger partial charge is 0.291 e. The van der Waals surface area contributed by atoms with Crippen molar-refractivity contribution in [2.75, 3.05) is 0 Å². The first-order valence-electron chi connectivity index (χ1n) is 3.84. The van der Waals surface area contributed by atoms with Crippen LogP contribution in [-0.2, 0) is 0 Å². The van der Waals surface area contributed by atoms with Crippen LogP contribution in [0.5, 0.6) is 0 Å². The fraction of sp³-hybridized carbons (Fsp3) is 0.750. The van der Waals surface area contributed by atoms with E-state index >= 15 is 0 Å². The minimum absolute atomic E-state index is 0.773. The van der Waals surface area contributed by atoms with Gasteiger partial charge in [0.2, 0.25) is 0 Å². The van der Waals surface area contributed by atoms with Gasteiger partial charge in [0.05, 0.1) is 0 Å². The predicted octanol–water partition coefficient (Wildman–Crippen LogP) is 2.94. The summed E-state index contributed by atoms with van der Waals surface area (Å²) in [5.41, 5.74) is 2.75. The van der Waals surface area contributed by atoms with Crippen LogP contribution < -0.4 is 5.48 Å². The van der Waals surface area contributed by atoms with Crippen molar-refractivity contribution in [3.05, 3.63) is 11.8 Å². The van der Waals surface area contributed by atoms with Gasteiger partial charge in [0.25, 0.3) is 0 Å². The van der Waals surface area contributed by atoms with Gasteiger partial charge in [-0.3, -0.25) is 10.7 Å². The molecule has 0 fully saturated rings. The molecular weight excluding hydrogens is 126 g/mol. The van der Waals surface area contributed by atoms with Crippen molar-refractivity contribution in [1.82, 2.24) is 5.48 Å². The van der Waals surface area contributed by atoms with E-state index in [1.165, 1.54) is 0 Å². The average molecular weight is 147 g/mol. The number of hydrogen-bond donors (Lipinski definition) is 2. The molecule has 0 rings (SSSR count). The molecule has 0 saturated carbocycles. The molecule has 0 aromatic rings. The molecule has 0 aliphatic heterocycles. The Morgan fingerprint density at radius 2 is 1.50 bits per heavy atom. The highest BCUT2D eigenvalue weighted by molar-refractivity contribution is 4.88. The van der Waals surface area contributed by atoms with Crippen LogP contribution in [0.25, 0.3) is 0 Å². The van der Waals surface area contributed by atoms with Crippen LogP contribution in [-0.4, -0.2) is 5.21 Å². The van der Waals surface area contributed by atoms with Gasteiger partial charge < -0.3 is 0 Å². The molecule has 0 bridgehead atoms. The monoisotopic (exact) mass is 147 g/mol. The van der Waals surface area contributed by atoms with E-state index in [0.29, 0.717) is 0 Å². The Hall–Kier alpha value is -0.500. The van der Waals surface area contributed by atoms with Gasteiger partial charge in [-0.25, -0.2) is 0 Å². The lowest BCUT2D eigenvalue weighted by Gasteiger charge is -1.89. The minimum atomic E-state index is 0.773. The number of allylic oxidation sites excluding steroid dienone is 2. The highest BCUT2D eigenvalue weighted by Gasteiger charge is 1.71. The molecule has 0 aromatic carbocycles. The van der Waals surface area contributed by atoms with Gasteiger partial charge in [0.15, 0.2) is 0 Å². The van der Waals surface area contributed by atoms with Crippen molar-refractivity contribution < 1.29 is 5.21 Å². The fourth-order valence-electron chi connectivity index (χ4n) is 0.0645. The van der Waals surface area contributed by atoms with Crippen LogP contribution in [0.15, 0.2) is 11.8 Å². The Kier molecular flexibility index (Phi) is 38.4. The molecule has 2 heteroatoms. The van der Waals surface area contributed by atoms with Gasteiger partial charge in [-0.2, -0.15) is 0 Å². The number of hydrogen-bond acceptors (Lipinski definition) is 2. The highest BCUT2D eigenvalue weighted by atomic mass is 16.5. The molecule has 0 aliphatic rings. The molecule has 2 nitrogen and oxygen atoms in total. The summed E-state index contributed by atoms with van der Waals surface area (Å²) in [5, 5.41) is 8.02. The summed E-state index contributed by atoms with van der Waals surface area (Å²) >= 11 is 0. The summed E-state index contributed by atoms with van der Waals surface area (Å²) in [6.45, 7) is 11.6. The molecule has 0 aliphatic carbocycles. The molecule has 10 heavy (non-hydrogen) atoms. The zero-order valence-corrected chi connectivity index (χ0v) is 8.02. The molecule has 0 aromatic heterocycles. The quantitative estimate of drug-likeness (QED) is 0.559. The molecule has 2 N–H and O–H groups in total. The Morgan fingerprint density at radius 3 is 1.50 bits per heavy atom. The number of nitrogens with one attached hydrogen (secondary N) is 1. The summed E-state index contributed by atoms with van der Waals surface area (Å²) in [4.78, 5) is 0. The zero-order chi connectivity index (χ0) is 8.99. The Balaban J connectivity index is -0.000000105. The fourth-order valence-corrected chi connectivity index (χ4v) is 0.0645. The molecule has 0 radical (unpaired) electrons. The van der Waals surface area contributed by atoms with Gasteiger partial charge in [0.1, 0.15) is 0 Å². The standard InChI is InChI=1S/C4H9NO.2C2H6/c1-3-4(2)5-6;2*1-2/h3,5-6H,1-2H3;2*1-2H3/b4-3-;;. The maximum Gasteiger partial charge on any atom is 0.0302 e. The molecule has 0 spiro atoms. The van der Waals surface area contributed by atoms with Gasteiger partial charge in [-0.05, 0) is 13.8 Å². The first-order valence-corrected chi connectivity index (χ1v) is 3.84. The minimum Gasteiger partial charge on any atom is -0.291 e.